The van der Waals surface area contributed by atoms with Crippen LogP contribution in [0.2, 0.25) is 0 Å². The highest BCUT2D eigenvalue weighted by atomic mass is 19.2. The molecule has 1 N–H and O–H groups in total. The Balaban J connectivity index is 1.95. The van der Waals surface area contributed by atoms with Crippen LogP contribution in [0.25, 0.3) is 0 Å². The molecule has 1 heterocycles. The number of aromatic nitrogens is 2. The van der Waals surface area contributed by atoms with Crippen LogP contribution >= 0.6 is 0 Å². The number of hydrogen-bond donors (Lipinski definition) is 1. The van der Waals surface area contributed by atoms with E-state index in [0.29, 0.717) is 12.1 Å². The molecule has 0 saturated carbocycles. The summed E-state index contributed by atoms with van der Waals surface area (Å²) in [6.45, 7) is 5.35. The van der Waals surface area contributed by atoms with Crippen LogP contribution in [0.15, 0.2) is 30.6 Å². The molecule has 0 bridgehead atoms. The monoisotopic (exact) mass is 265 g/mol. The molecule has 2 aromatic rings. The molecule has 1 aromatic carbocycles. The zero-order valence-corrected chi connectivity index (χ0v) is 11.0. The Labute approximate surface area is 111 Å². The Kier molecular flexibility index (Phi) is 4.27. The zero-order valence-electron chi connectivity index (χ0n) is 11.0. The topological polar surface area (TPSA) is 29.9 Å². The second kappa shape index (κ2) is 5.93. The maximum absolute atomic E-state index is 13.1. The van der Waals surface area contributed by atoms with Crippen molar-refractivity contribution in [2.45, 2.75) is 33.0 Å². The van der Waals surface area contributed by atoms with E-state index in [9.17, 15) is 8.78 Å². The van der Waals surface area contributed by atoms with E-state index >= 15 is 0 Å². The van der Waals surface area contributed by atoms with E-state index in [2.05, 4.69) is 10.4 Å². The van der Waals surface area contributed by atoms with Crippen molar-refractivity contribution < 1.29 is 8.78 Å². The molecule has 0 fully saturated rings. The lowest BCUT2D eigenvalue weighted by Gasteiger charge is -2.12. The van der Waals surface area contributed by atoms with Gasteiger partial charge in [0.25, 0.3) is 0 Å². The molecular weight excluding hydrogens is 248 g/mol. The third-order valence-electron chi connectivity index (χ3n) is 3.07. The molecule has 0 aliphatic heterocycles. The number of benzene rings is 1. The first-order valence-corrected chi connectivity index (χ1v) is 6.29. The van der Waals surface area contributed by atoms with Gasteiger partial charge in [-0.1, -0.05) is 6.07 Å². The number of aryl methyl sites for hydroxylation is 1. The largest absolute Gasteiger partial charge is 0.306 e. The molecule has 2 rings (SSSR count). The molecule has 0 spiro atoms. The molecule has 1 aromatic heterocycles. The summed E-state index contributed by atoms with van der Waals surface area (Å²) in [5.74, 6) is -1.63. The highest BCUT2D eigenvalue weighted by molar-refractivity contribution is 5.18. The SMILES string of the molecule is CCn1cc(C(C)NCc2ccc(F)c(F)c2)cn1. The summed E-state index contributed by atoms with van der Waals surface area (Å²) in [5.41, 5.74) is 1.79. The third-order valence-corrected chi connectivity index (χ3v) is 3.07. The highest BCUT2D eigenvalue weighted by Gasteiger charge is 2.08. The lowest BCUT2D eigenvalue weighted by Crippen LogP contribution is -2.17. The van der Waals surface area contributed by atoms with E-state index in [-0.39, 0.29) is 6.04 Å². The third kappa shape index (κ3) is 3.38. The average Bonchev–Trinajstić information content (AvgIpc) is 2.88. The molecule has 0 saturated heterocycles. The zero-order chi connectivity index (χ0) is 13.8. The minimum atomic E-state index is -0.818. The highest BCUT2D eigenvalue weighted by Crippen LogP contribution is 2.13. The first-order chi connectivity index (χ1) is 9.10. The van der Waals surface area contributed by atoms with Crippen LogP contribution < -0.4 is 5.32 Å². The van der Waals surface area contributed by atoms with E-state index in [4.69, 9.17) is 0 Å². The maximum Gasteiger partial charge on any atom is 0.159 e. The van der Waals surface area contributed by atoms with Crippen molar-refractivity contribution in [2.75, 3.05) is 0 Å². The van der Waals surface area contributed by atoms with Gasteiger partial charge >= 0.3 is 0 Å². The van der Waals surface area contributed by atoms with Crippen molar-refractivity contribution in [3.05, 3.63) is 53.4 Å². The quantitative estimate of drug-likeness (QED) is 0.900. The summed E-state index contributed by atoms with van der Waals surface area (Å²) >= 11 is 0. The first kappa shape index (κ1) is 13.7. The van der Waals surface area contributed by atoms with Gasteiger partial charge in [0.2, 0.25) is 0 Å². The van der Waals surface area contributed by atoms with Crippen molar-refractivity contribution in [2.24, 2.45) is 0 Å². The molecule has 5 heteroatoms. The van der Waals surface area contributed by atoms with Crippen molar-refractivity contribution >= 4 is 0 Å². The molecule has 19 heavy (non-hydrogen) atoms. The van der Waals surface area contributed by atoms with E-state index in [1.807, 2.05) is 30.9 Å². The fraction of sp³-hybridized carbons (Fsp3) is 0.357. The molecule has 0 aliphatic rings. The van der Waals surface area contributed by atoms with Crippen molar-refractivity contribution in [1.29, 1.82) is 0 Å². The van der Waals surface area contributed by atoms with Crippen LogP contribution in [0.4, 0.5) is 8.78 Å². The first-order valence-electron chi connectivity index (χ1n) is 6.29. The lowest BCUT2D eigenvalue weighted by atomic mass is 10.1. The minimum Gasteiger partial charge on any atom is -0.306 e. The van der Waals surface area contributed by atoms with Gasteiger partial charge in [-0.25, -0.2) is 8.78 Å². The van der Waals surface area contributed by atoms with Crippen LogP contribution in [0.1, 0.15) is 31.0 Å². The van der Waals surface area contributed by atoms with Gasteiger partial charge in [0.1, 0.15) is 0 Å². The molecule has 1 atom stereocenters. The Bertz CT molecular complexity index is 551. The van der Waals surface area contributed by atoms with Gasteiger partial charge in [0.15, 0.2) is 11.6 Å². The summed E-state index contributed by atoms with van der Waals surface area (Å²) in [6.07, 6.45) is 3.79. The number of halogens is 2. The molecular formula is C14H17F2N3. The van der Waals surface area contributed by atoms with Gasteiger partial charge in [-0.2, -0.15) is 5.10 Å². The van der Waals surface area contributed by atoms with Crippen LogP contribution in [0.3, 0.4) is 0 Å². The number of nitrogens with one attached hydrogen (secondary N) is 1. The Morgan fingerprint density at radius 2 is 2.11 bits per heavy atom. The van der Waals surface area contributed by atoms with Gasteiger partial charge in [0.05, 0.1) is 6.20 Å². The second-order valence-corrected chi connectivity index (χ2v) is 4.48. The standard InChI is InChI=1S/C14H17F2N3/c1-3-19-9-12(8-18-19)10(2)17-7-11-4-5-13(15)14(16)6-11/h4-6,8-10,17H,3,7H2,1-2H3. The van der Waals surface area contributed by atoms with Gasteiger partial charge < -0.3 is 5.32 Å². The maximum atomic E-state index is 13.1. The number of nitrogens with zero attached hydrogens (tertiary/aromatic N) is 2. The van der Waals surface area contributed by atoms with Crippen LogP contribution in [-0.4, -0.2) is 9.78 Å². The van der Waals surface area contributed by atoms with E-state index < -0.39 is 11.6 Å². The molecule has 0 radical (unpaired) electrons. The number of hydrogen-bond acceptors (Lipinski definition) is 2. The fourth-order valence-electron chi connectivity index (χ4n) is 1.81. The minimum absolute atomic E-state index is 0.105. The molecule has 102 valence electrons. The fourth-order valence-corrected chi connectivity index (χ4v) is 1.81. The Morgan fingerprint density at radius 1 is 1.32 bits per heavy atom. The molecule has 0 aliphatic carbocycles. The summed E-state index contributed by atoms with van der Waals surface area (Å²) in [6, 6.07) is 4.04. The lowest BCUT2D eigenvalue weighted by molar-refractivity contribution is 0.504. The summed E-state index contributed by atoms with van der Waals surface area (Å²) < 4.78 is 27.7. The van der Waals surface area contributed by atoms with Crippen molar-refractivity contribution in [3.8, 4) is 0 Å². The molecule has 0 amide bonds. The van der Waals surface area contributed by atoms with Gasteiger partial charge in [-0.15, -0.1) is 0 Å². The summed E-state index contributed by atoms with van der Waals surface area (Å²) in [5, 5.41) is 7.46. The van der Waals surface area contributed by atoms with E-state index in [1.165, 1.54) is 6.07 Å². The number of rotatable bonds is 5. The Hall–Kier alpha value is -1.75. The summed E-state index contributed by atoms with van der Waals surface area (Å²) in [7, 11) is 0. The molecule has 1 unspecified atom stereocenters. The van der Waals surface area contributed by atoms with E-state index in [0.717, 1.165) is 18.2 Å². The van der Waals surface area contributed by atoms with Crippen molar-refractivity contribution in [3.63, 3.8) is 0 Å². The predicted molar refractivity (Wildman–Crippen MR) is 69.5 cm³/mol. The van der Waals surface area contributed by atoms with Gasteiger partial charge in [0, 0.05) is 30.9 Å². The normalized spacial score (nSPS) is 12.6. The van der Waals surface area contributed by atoms with Crippen LogP contribution in [0.5, 0.6) is 0 Å². The van der Waals surface area contributed by atoms with Gasteiger partial charge in [-0.3, -0.25) is 4.68 Å². The van der Waals surface area contributed by atoms with Crippen LogP contribution in [-0.2, 0) is 13.1 Å². The van der Waals surface area contributed by atoms with Crippen molar-refractivity contribution in [1.82, 2.24) is 15.1 Å². The molecule has 3 nitrogen and oxygen atoms in total. The van der Waals surface area contributed by atoms with Crippen LogP contribution in [0, 0.1) is 11.6 Å². The summed E-state index contributed by atoms with van der Waals surface area (Å²) in [4.78, 5) is 0. The Morgan fingerprint density at radius 3 is 2.74 bits per heavy atom. The van der Waals surface area contributed by atoms with E-state index in [1.54, 1.807) is 6.07 Å². The van der Waals surface area contributed by atoms with Gasteiger partial charge in [-0.05, 0) is 31.5 Å². The second-order valence-electron chi connectivity index (χ2n) is 4.48. The smallest absolute Gasteiger partial charge is 0.159 e. The predicted octanol–water partition coefficient (Wildman–Crippen LogP) is 3.03. The average molecular weight is 265 g/mol.